The van der Waals surface area contributed by atoms with Gasteiger partial charge in [-0.15, -0.1) is 0 Å². The highest BCUT2D eigenvalue weighted by atomic mass is 16.6. The van der Waals surface area contributed by atoms with Crippen molar-refractivity contribution in [3.05, 3.63) is 30.1 Å². The van der Waals surface area contributed by atoms with Crippen molar-refractivity contribution in [2.45, 2.75) is 70.9 Å². The van der Waals surface area contributed by atoms with E-state index in [4.69, 9.17) is 9.47 Å². The Morgan fingerprint density at radius 1 is 1.30 bits per heavy atom. The van der Waals surface area contributed by atoms with Crippen LogP contribution in [0.2, 0.25) is 0 Å². The van der Waals surface area contributed by atoms with Gasteiger partial charge in [0.25, 0.3) is 0 Å². The average Bonchev–Trinajstić information content (AvgIpc) is 3.16. The van der Waals surface area contributed by atoms with Gasteiger partial charge in [0.15, 0.2) is 5.79 Å². The molecule has 148 valence electrons. The van der Waals surface area contributed by atoms with Gasteiger partial charge >= 0.3 is 6.09 Å². The van der Waals surface area contributed by atoms with Crippen LogP contribution in [0.25, 0.3) is 11.0 Å². The Kier molecular flexibility index (Phi) is 5.18. The largest absolute Gasteiger partial charge is 0.444 e. The van der Waals surface area contributed by atoms with E-state index in [0.29, 0.717) is 0 Å². The number of carbonyl (C=O) groups excluding carboxylic acids is 1. The number of nitrogens with one attached hydrogen (secondary N) is 1. The molecule has 1 saturated heterocycles. The Hall–Kier alpha value is -2.12. The Balaban J connectivity index is 1.92. The lowest BCUT2D eigenvalue weighted by atomic mass is 10.0. The molecule has 0 bridgehead atoms. The minimum Gasteiger partial charge on any atom is -0.444 e. The van der Waals surface area contributed by atoms with E-state index < -0.39 is 11.4 Å². The average molecular weight is 375 g/mol. The maximum Gasteiger partial charge on any atom is 0.411 e. The number of likely N-dealkylation sites (tertiary alicyclic amines) is 1. The summed E-state index contributed by atoms with van der Waals surface area (Å²) in [5, 5.41) is 10.9. The van der Waals surface area contributed by atoms with Crippen molar-refractivity contribution in [2.75, 3.05) is 6.61 Å². The summed E-state index contributed by atoms with van der Waals surface area (Å²) in [6, 6.07) is 3.64. The number of carbonyl (C=O) groups is 1. The van der Waals surface area contributed by atoms with E-state index in [1.165, 1.54) is 0 Å². The summed E-state index contributed by atoms with van der Waals surface area (Å²) in [5.74, 6) is -1.25. The minimum atomic E-state index is -1.25. The molecule has 0 unspecified atom stereocenters. The molecule has 0 saturated carbocycles. The van der Waals surface area contributed by atoms with Crippen molar-refractivity contribution in [3.63, 3.8) is 0 Å². The van der Waals surface area contributed by atoms with Gasteiger partial charge in [0, 0.05) is 17.8 Å². The van der Waals surface area contributed by atoms with Crippen molar-refractivity contribution in [1.82, 2.24) is 14.9 Å². The predicted octanol–water partition coefficient (Wildman–Crippen LogP) is 3.75. The molecule has 2 N–H and O–H groups in total. The van der Waals surface area contributed by atoms with Crippen molar-refractivity contribution >= 4 is 17.1 Å². The number of ether oxygens (including phenoxy) is 2. The first kappa shape index (κ1) is 19.6. The molecule has 27 heavy (non-hydrogen) atoms. The van der Waals surface area contributed by atoms with Crippen LogP contribution in [0.1, 0.15) is 59.1 Å². The van der Waals surface area contributed by atoms with E-state index in [0.717, 1.165) is 29.4 Å². The summed E-state index contributed by atoms with van der Waals surface area (Å²) < 4.78 is 11.2. The van der Waals surface area contributed by atoms with Crippen LogP contribution in [-0.2, 0) is 9.47 Å². The van der Waals surface area contributed by atoms with Crippen LogP contribution in [-0.4, -0.2) is 50.1 Å². The zero-order chi connectivity index (χ0) is 19.8. The summed E-state index contributed by atoms with van der Waals surface area (Å²) >= 11 is 0. The molecule has 7 nitrogen and oxygen atoms in total. The molecule has 1 aliphatic rings. The number of fused-ring (bicyclic) bond motifs is 1. The molecule has 0 spiro atoms. The van der Waals surface area contributed by atoms with Gasteiger partial charge in [-0.3, -0.25) is 4.90 Å². The quantitative estimate of drug-likeness (QED) is 0.795. The second kappa shape index (κ2) is 7.13. The Bertz CT molecular complexity index is 803. The first-order valence-electron chi connectivity index (χ1n) is 9.35. The van der Waals surface area contributed by atoms with Gasteiger partial charge in [-0.05, 0) is 65.2 Å². The van der Waals surface area contributed by atoms with Crippen LogP contribution in [0.4, 0.5) is 4.79 Å². The van der Waals surface area contributed by atoms with Crippen LogP contribution in [0.3, 0.4) is 0 Å². The van der Waals surface area contributed by atoms with Gasteiger partial charge < -0.3 is 19.6 Å². The zero-order valence-corrected chi connectivity index (χ0v) is 16.7. The molecular weight excluding hydrogens is 346 g/mol. The van der Waals surface area contributed by atoms with Crippen LogP contribution in [0.5, 0.6) is 0 Å². The van der Waals surface area contributed by atoms with Crippen LogP contribution >= 0.6 is 0 Å². The number of aromatic amines is 1. The Morgan fingerprint density at radius 3 is 2.70 bits per heavy atom. The summed E-state index contributed by atoms with van der Waals surface area (Å²) in [6.45, 7) is 8.99. The van der Waals surface area contributed by atoms with Crippen LogP contribution in [0.15, 0.2) is 24.5 Å². The van der Waals surface area contributed by atoms with E-state index in [1.54, 1.807) is 24.9 Å². The fourth-order valence-corrected chi connectivity index (χ4v) is 3.52. The highest BCUT2D eigenvalue weighted by molar-refractivity contribution is 5.81. The Labute approximate surface area is 159 Å². The number of aromatic nitrogens is 2. The van der Waals surface area contributed by atoms with E-state index in [1.807, 2.05) is 39.1 Å². The zero-order valence-electron chi connectivity index (χ0n) is 16.7. The number of hydrogen-bond acceptors (Lipinski definition) is 5. The normalized spacial score (nSPS) is 21.0. The smallest absolute Gasteiger partial charge is 0.411 e. The van der Waals surface area contributed by atoms with Crippen LogP contribution < -0.4 is 0 Å². The fourth-order valence-electron chi connectivity index (χ4n) is 3.52. The molecule has 2 aromatic rings. The molecular formula is C20H29N3O4. The maximum atomic E-state index is 13.0. The van der Waals surface area contributed by atoms with Gasteiger partial charge in [-0.25, -0.2) is 9.78 Å². The molecule has 0 aromatic carbocycles. The SMILES string of the molecule is CC(C)(C)OC(=O)N1[C@H](COC(C)(C)O)CC[C@@H]1c1ccnc2[nH]ccc12. The Morgan fingerprint density at radius 2 is 2.04 bits per heavy atom. The number of rotatable bonds is 4. The second-order valence-electron chi connectivity index (χ2n) is 8.53. The highest BCUT2D eigenvalue weighted by Crippen LogP contribution is 2.40. The molecule has 3 heterocycles. The van der Waals surface area contributed by atoms with Crippen molar-refractivity contribution < 1.29 is 19.4 Å². The van der Waals surface area contributed by atoms with Crippen molar-refractivity contribution in [1.29, 1.82) is 0 Å². The summed E-state index contributed by atoms with van der Waals surface area (Å²) in [6.07, 6.45) is 4.80. The van der Waals surface area contributed by atoms with Crippen molar-refractivity contribution in [2.24, 2.45) is 0 Å². The summed E-state index contributed by atoms with van der Waals surface area (Å²) in [4.78, 5) is 22.2. The lowest BCUT2D eigenvalue weighted by molar-refractivity contribution is -0.183. The second-order valence-corrected chi connectivity index (χ2v) is 8.53. The monoisotopic (exact) mass is 375 g/mol. The van der Waals surface area contributed by atoms with Gasteiger partial charge in [0.05, 0.1) is 18.7 Å². The lowest BCUT2D eigenvalue weighted by Gasteiger charge is -2.34. The number of H-pyrrole nitrogens is 1. The molecule has 0 radical (unpaired) electrons. The molecule has 3 rings (SSSR count). The van der Waals surface area contributed by atoms with Gasteiger partial charge in [0.1, 0.15) is 11.2 Å². The van der Waals surface area contributed by atoms with Gasteiger partial charge in [0.2, 0.25) is 0 Å². The number of nitrogens with zero attached hydrogens (tertiary/aromatic N) is 2. The van der Waals surface area contributed by atoms with Crippen molar-refractivity contribution in [3.8, 4) is 0 Å². The third-order valence-corrected chi connectivity index (χ3v) is 4.59. The van der Waals surface area contributed by atoms with E-state index >= 15 is 0 Å². The van der Waals surface area contributed by atoms with Gasteiger partial charge in [-0.1, -0.05) is 0 Å². The standard InChI is InChI=1S/C20H29N3O4/c1-19(2,3)27-18(24)23-13(12-26-20(4,5)25)6-7-16(23)14-8-10-21-17-15(14)9-11-22-17/h8-11,13,16,25H,6-7,12H2,1-5H3,(H,21,22)/t13-,16+/m0/s1. The first-order chi connectivity index (χ1) is 12.6. The molecule has 1 amide bonds. The van der Waals surface area contributed by atoms with E-state index in [9.17, 15) is 9.90 Å². The van der Waals surface area contributed by atoms with Crippen LogP contribution in [0, 0.1) is 0 Å². The minimum absolute atomic E-state index is 0.128. The highest BCUT2D eigenvalue weighted by Gasteiger charge is 2.41. The third-order valence-electron chi connectivity index (χ3n) is 4.59. The fraction of sp³-hybridized carbons (Fsp3) is 0.600. The topological polar surface area (TPSA) is 87.7 Å². The first-order valence-corrected chi connectivity index (χ1v) is 9.35. The van der Waals surface area contributed by atoms with E-state index in [2.05, 4.69) is 9.97 Å². The number of amides is 1. The predicted molar refractivity (Wildman–Crippen MR) is 102 cm³/mol. The summed E-state index contributed by atoms with van der Waals surface area (Å²) in [7, 11) is 0. The lowest BCUT2D eigenvalue weighted by Crippen LogP contribution is -2.44. The molecule has 1 fully saturated rings. The number of hydrogen-bond donors (Lipinski definition) is 2. The molecule has 1 aliphatic heterocycles. The molecule has 2 atom stereocenters. The molecule has 2 aromatic heterocycles. The molecule has 0 aliphatic carbocycles. The van der Waals surface area contributed by atoms with Gasteiger partial charge in [-0.2, -0.15) is 0 Å². The van der Waals surface area contributed by atoms with E-state index in [-0.39, 0.29) is 24.8 Å². The number of aliphatic hydroxyl groups is 1. The maximum absolute atomic E-state index is 13.0. The third kappa shape index (κ3) is 4.59. The summed E-state index contributed by atoms with van der Waals surface area (Å²) in [5.41, 5.74) is 1.25. The molecule has 7 heteroatoms. The number of pyridine rings is 1.